The molecule has 2 aromatic carbocycles. The predicted molar refractivity (Wildman–Crippen MR) is 126 cm³/mol. The fourth-order valence-corrected chi connectivity index (χ4v) is 3.06. The van der Waals surface area contributed by atoms with Crippen molar-refractivity contribution in [2.75, 3.05) is 0 Å². The van der Waals surface area contributed by atoms with Gasteiger partial charge in [0.2, 0.25) is 0 Å². The number of allylic oxidation sites excluding steroid dienone is 3. The van der Waals surface area contributed by atoms with Gasteiger partial charge in [0.1, 0.15) is 5.76 Å². The average molecular weight is 422 g/mol. The van der Waals surface area contributed by atoms with E-state index in [2.05, 4.69) is 9.97 Å². The van der Waals surface area contributed by atoms with E-state index in [1.807, 2.05) is 70.1 Å². The van der Waals surface area contributed by atoms with Crippen LogP contribution in [0, 0.1) is 0 Å². The van der Waals surface area contributed by atoms with Gasteiger partial charge in [0, 0.05) is 41.7 Å². The standard InChI is InChI=1S/C26H22N4O2/c1-20(25(31)12-6-21-2-8-23(9-3-21)29-16-14-27-18-29)26(32)13-7-22-4-10-24(11-5-22)30-17-15-28-19-30/h2-19,31H,1H3/b12-6+,13-7+,25-20-. The number of nitrogens with zero attached hydrogens (tertiary/aromatic N) is 4. The van der Waals surface area contributed by atoms with Crippen LogP contribution >= 0.6 is 0 Å². The van der Waals surface area contributed by atoms with Gasteiger partial charge in [-0.3, -0.25) is 4.79 Å². The first kappa shape index (κ1) is 20.8. The summed E-state index contributed by atoms with van der Waals surface area (Å²) in [5.41, 5.74) is 4.07. The summed E-state index contributed by atoms with van der Waals surface area (Å²) >= 11 is 0. The molecule has 32 heavy (non-hydrogen) atoms. The van der Waals surface area contributed by atoms with E-state index in [1.165, 1.54) is 12.2 Å². The van der Waals surface area contributed by atoms with Crippen molar-refractivity contribution in [3.05, 3.63) is 121 Å². The zero-order valence-electron chi connectivity index (χ0n) is 17.5. The number of imidazole rings is 2. The zero-order valence-corrected chi connectivity index (χ0v) is 17.5. The molecular formula is C26H22N4O2. The van der Waals surface area contributed by atoms with Crippen LogP contribution in [-0.4, -0.2) is 30.0 Å². The highest BCUT2D eigenvalue weighted by atomic mass is 16.3. The van der Waals surface area contributed by atoms with Crippen LogP contribution in [0.25, 0.3) is 23.5 Å². The quantitative estimate of drug-likeness (QED) is 0.253. The summed E-state index contributed by atoms with van der Waals surface area (Å²) in [6.45, 7) is 1.61. The van der Waals surface area contributed by atoms with Gasteiger partial charge in [-0.25, -0.2) is 9.97 Å². The Kier molecular flexibility index (Phi) is 6.22. The number of rotatable bonds is 7. The number of hydrogen-bond acceptors (Lipinski definition) is 4. The highest BCUT2D eigenvalue weighted by Crippen LogP contribution is 2.14. The number of carbonyl (C=O) groups excluding carboxylic acids is 1. The van der Waals surface area contributed by atoms with Crippen molar-refractivity contribution in [3.63, 3.8) is 0 Å². The van der Waals surface area contributed by atoms with E-state index in [0.29, 0.717) is 0 Å². The molecule has 2 aromatic heterocycles. The minimum absolute atomic E-state index is 0.0613. The van der Waals surface area contributed by atoms with E-state index in [4.69, 9.17) is 0 Å². The van der Waals surface area contributed by atoms with Crippen LogP contribution in [0.2, 0.25) is 0 Å². The number of carbonyl (C=O) groups is 1. The topological polar surface area (TPSA) is 72.9 Å². The third-order valence-electron chi connectivity index (χ3n) is 5.01. The number of hydrogen-bond donors (Lipinski definition) is 1. The lowest BCUT2D eigenvalue weighted by atomic mass is 10.1. The molecule has 4 aromatic rings. The van der Waals surface area contributed by atoms with E-state index in [9.17, 15) is 9.90 Å². The summed E-state index contributed by atoms with van der Waals surface area (Å²) < 4.78 is 3.81. The molecule has 0 aliphatic rings. The first-order valence-electron chi connectivity index (χ1n) is 10.1. The normalized spacial score (nSPS) is 12.4. The lowest BCUT2D eigenvalue weighted by molar-refractivity contribution is -0.111. The molecule has 0 fully saturated rings. The van der Waals surface area contributed by atoms with Crippen LogP contribution in [0.4, 0.5) is 0 Å². The van der Waals surface area contributed by atoms with Crippen molar-refractivity contribution in [1.29, 1.82) is 0 Å². The van der Waals surface area contributed by atoms with Gasteiger partial charge in [-0.05, 0) is 54.5 Å². The Balaban J connectivity index is 1.40. The molecule has 6 heteroatoms. The summed E-state index contributed by atoms with van der Waals surface area (Å²) in [5.74, 6) is -0.310. The van der Waals surface area contributed by atoms with Gasteiger partial charge < -0.3 is 14.2 Å². The first-order valence-corrected chi connectivity index (χ1v) is 10.1. The smallest absolute Gasteiger partial charge is 0.185 e. The second-order valence-corrected chi connectivity index (χ2v) is 7.16. The Morgan fingerprint density at radius 3 is 1.69 bits per heavy atom. The molecule has 6 nitrogen and oxygen atoms in total. The fraction of sp³-hybridized carbons (Fsp3) is 0.0385. The largest absolute Gasteiger partial charge is 0.508 e. The Bertz CT molecular complexity index is 1260. The van der Waals surface area contributed by atoms with E-state index in [1.54, 1.807) is 44.1 Å². The van der Waals surface area contributed by atoms with Crippen LogP contribution in [-0.2, 0) is 4.79 Å². The van der Waals surface area contributed by atoms with E-state index in [-0.39, 0.29) is 17.1 Å². The van der Waals surface area contributed by atoms with Gasteiger partial charge in [0.15, 0.2) is 5.78 Å². The van der Waals surface area contributed by atoms with Crippen molar-refractivity contribution in [2.24, 2.45) is 0 Å². The fourth-order valence-electron chi connectivity index (χ4n) is 3.06. The summed E-state index contributed by atoms with van der Waals surface area (Å²) in [5, 5.41) is 10.3. The minimum Gasteiger partial charge on any atom is -0.508 e. The maximum Gasteiger partial charge on any atom is 0.185 e. The molecule has 0 bridgehead atoms. The van der Waals surface area contributed by atoms with E-state index >= 15 is 0 Å². The van der Waals surface area contributed by atoms with Crippen LogP contribution in [0.1, 0.15) is 18.1 Å². The van der Waals surface area contributed by atoms with Crippen molar-refractivity contribution in [2.45, 2.75) is 6.92 Å². The summed E-state index contributed by atoms with van der Waals surface area (Å²) in [4.78, 5) is 20.5. The van der Waals surface area contributed by atoms with Gasteiger partial charge >= 0.3 is 0 Å². The molecule has 0 spiro atoms. The van der Waals surface area contributed by atoms with Crippen molar-refractivity contribution in [1.82, 2.24) is 19.1 Å². The number of aliphatic hydroxyl groups is 1. The van der Waals surface area contributed by atoms with E-state index < -0.39 is 0 Å². The highest BCUT2D eigenvalue weighted by Gasteiger charge is 2.05. The molecule has 0 aliphatic heterocycles. The van der Waals surface area contributed by atoms with Crippen LogP contribution in [0.3, 0.4) is 0 Å². The lowest BCUT2D eigenvalue weighted by Gasteiger charge is -2.03. The second kappa shape index (κ2) is 9.57. The van der Waals surface area contributed by atoms with Gasteiger partial charge in [-0.15, -0.1) is 0 Å². The molecule has 0 saturated heterocycles. The average Bonchev–Trinajstić information content (AvgIpc) is 3.56. The zero-order chi connectivity index (χ0) is 22.3. The lowest BCUT2D eigenvalue weighted by Crippen LogP contribution is -1.98. The number of aromatic nitrogens is 4. The Morgan fingerprint density at radius 1 is 0.781 bits per heavy atom. The van der Waals surface area contributed by atoms with Gasteiger partial charge in [0.05, 0.1) is 12.7 Å². The highest BCUT2D eigenvalue weighted by molar-refractivity contribution is 6.06. The third-order valence-corrected chi connectivity index (χ3v) is 5.01. The Morgan fingerprint density at radius 2 is 1.25 bits per heavy atom. The molecule has 4 rings (SSSR count). The molecule has 0 amide bonds. The maximum absolute atomic E-state index is 12.4. The third kappa shape index (κ3) is 4.99. The van der Waals surface area contributed by atoms with E-state index in [0.717, 1.165) is 22.5 Å². The van der Waals surface area contributed by atoms with Crippen molar-refractivity contribution >= 4 is 17.9 Å². The monoisotopic (exact) mass is 422 g/mol. The number of benzene rings is 2. The minimum atomic E-state index is -0.249. The summed E-state index contributed by atoms with van der Waals surface area (Å²) in [6, 6.07) is 15.5. The number of ketones is 1. The molecular weight excluding hydrogens is 400 g/mol. The van der Waals surface area contributed by atoms with Gasteiger partial charge in [0.25, 0.3) is 0 Å². The predicted octanol–water partition coefficient (Wildman–Crippen LogP) is 5.19. The number of aliphatic hydroxyl groups excluding tert-OH is 1. The molecule has 2 heterocycles. The summed E-state index contributed by atoms with van der Waals surface area (Å²) in [6.07, 6.45) is 17.1. The Labute approximate surface area is 186 Å². The van der Waals surface area contributed by atoms with Crippen molar-refractivity contribution < 1.29 is 9.90 Å². The SMILES string of the molecule is C/C(C(=O)/C=C/c1ccc(-n2ccnc2)cc1)=C(O)\C=C\c1ccc(-n2ccnc2)cc1. The molecule has 158 valence electrons. The second-order valence-electron chi connectivity index (χ2n) is 7.16. The maximum atomic E-state index is 12.4. The van der Waals surface area contributed by atoms with Gasteiger partial charge in [-0.1, -0.05) is 36.4 Å². The first-order chi connectivity index (χ1) is 15.6. The molecule has 0 aliphatic carbocycles. The molecule has 1 N–H and O–H groups in total. The van der Waals surface area contributed by atoms with Crippen molar-refractivity contribution in [3.8, 4) is 11.4 Å². The summed E-state index contributed by atoms with van der Waals surface area (Å²) in [7, 11) is 0. The van der Waals surface area contributed by atoms with Crippen LogP contribution in [0.5, 0.6) is 0 Å². The molecule has 0 radical (unpaired) electrons. The van der Waals surface area contributed by atoms with Crippen LogP contribution < -0.4 is 0 Å². The Hall–Kier alpha value is -4.45. The molecule has 0 unspecified atom stereocenters. The molecule has 0 saturated carbocycles. The van der Waals surface area contributed by atoms with Crippen LogP contribution in [0.15, 0.2) is 109 Å². The molecule has 0 atom stereocenters. The van der Waals surface area contributed by atoms with Gasteiger partial charge in [-0.2, -0.15) is 0 Å².